The van der Waals surface area contributed by atoms with Crippen LogP contribution in [-0.2, 0) is 9.47 Å². The molecule has 4 aromatic rings. The number of hydrogen-bond acceptors (Lipinski definition) is 4. The molecule has 0 aliphatic rings. The van der Waals surface area contributed by atoms with Crippen molar-refractivity contribution < 1.29 is 19.1 Å². The normalized spacial score (nSPS) is 10.2. The van der Waals surface area contributed by atoms with Gasteiger partial charge in [-0.05, 0) is 63.0 Å². The van der Waals surface area contributed by atoms with Crippen molar-refractivity contribution in [2.75, 3.05) is 14.2 Å². The first kappa shape index (κ1) is 26.3. The van der Waals surface area contributed by atoms with Crippen molar-refractivity contribution in [1.82, 2.24) is 0 Å². The van der Waals surface area contributed by atoms with Gasteiger partial charge < -0.3 is 9.47 Å². The summed E-state index contributed by atoms with van der Waals surface area (Å²) in [6.45, 7) is 8.00. The molecule has 4 aromatic carbocycles. The Morgan fingerprint density at radius 1 is 0.618 bits per heavy atom. The van der Waals surface area contributed by atoms with Gasteiger partial charge in [-0.3, -0.25) is 0 Å². The van der Waals surface area contributed by atoms with E-state index in [0.717, 1.165) is 32.7 Å². The van der Waals surface area contributed by atoms with E-state index in [1.807, 2.05) is 70.2 Å². The molecule has 4 nitrogen and oxygen atoms in total. The summed E-state index contributed by atoms with van der Waals surface area (Å²) in [6, 6.07) is 23.1. The highest BCUT2D eigenvalue weighted by atomic mass is 16.5. The van der Waals surface area contributed by atoms with Crippen molar-refractivity contribution in [1.29, 1.82) is 0 Å². The van der Waals surface area contributed by atoms with E-state index in [-0.39, 0.29) is 11.9 Å². The fraction of sp³-hybridized carbons (Fsp3) is 0.200. The fourth-order valence-electron chi connectivity index (χ4n) is 3.55. The van der Waals surface area contributed by atoms with E-state index in [2.05, 4.69) is 24.3 Å². The van der Waals surface area contributed by atoms with Gasteiger partial charge in [0.05, 0.1) is 25.3 Å². The van der Waals surface area contributed by atoms with Crippen molar-refractivity contribution in [2.45, 2.75) is 27.7 Å². The maximum Gasteiger partial charge on any atom is 0.337 e. The summed E-state index contributed by atoms with van der Waals surface area (Å²) in [4.78, 5) is 23.5. The monoisotopic (exact) mass is 456 g/mol. The lowest BCUT2D eigenvalue weighted by Gasteiger charge is -2.09. The molecule has 0 aliphatic heterocycles. The minimum Gasteiger partial charge on any atom is -0.465 e. The van der Waals surface area contributed by atoms with E-state index < -0.39 is 0 Å². The third kappa shape index (κ3) is 5.90. The molecule has 0 radical (unpaired) electrons. The van der Waals surface area contributed by atoms with Gasteiger partial charge >= 0.3 is 11.9 Å². The maximum absolute atomic E-state index is 11.9. The van der Waals surface area contributed by atoms with Crippen LogP contribution in [0.3, 0.4) is 0 Å². The zero-order valence-electron chi connectivity index (χ0n) is 20.7. The molecular weight excluding hydrogens is 424 g/mol. The lowest BCUT2D eigenvalue weighted by Crippen LogP contribution is -2.00. The summed E-state index contributed by atoms with van der Waals surface area (Å²) in [5, 5.41) is 4.21. The Morgan fingerprint density at radius 2 is 1.18 bits per heavy atom. The van der Waals surface area contributed by atoms with E-state index >= 15 is 0 Å². The molecule has 4 rings (SSSR count). The Balaban J connectivity index is 0.000000970. The smallest absolute Gasteiger partial charge is 0.337 e. The van der Waals surface area contributed by atoms with Gasteiger partial charge in [0, 0.05) is 0 Å². The molecular formula is C30H32O4. The van der Waals surface area contributed by atoms with Gasteiger partial charge in [-0.1, -0.05) is 82.3 Å². The van der Waals surface area contributed by atoms with Gasteiger partial charge in [-0.25, -0.2) is 9.59 Å². The van der Waals surface area contributed by atoms with Crippen LogP contribution in [0.5, 0.6) is 0 Å². The molecule has 0 heterocycles. The summed E-state index contributed by atoms with van der Waals surface area (Å²) in [5.41, 5.74) is 3.10. The Morgan fingerprint density at radius 3 is 1.79 bits per heavy atom. The van der Waals surface area contributed by atoms with Crippen LogP contribution < -0.4 is 0 Å². The Hall–Kier alpha value is -3.92. The van der Waals surface area contributed by atoms with Crippen LogP contribution in [-0.4, -0.2) is 26.2 Å². The average molecular weight is 457 g/mol. The Bertz CT molecular complexity index is 1280. The molecule has 0 N–H and O–H groups in total. The standard InChI is InChI=1S/C26H20O4.2C2H6/c1-29-25(27)18-10-7-17(8-11-18)9-12-19-15-20-13-14-21(26(28)30-2)16-24(20)23-6-4-3-5-22(19)23;2*1-2/h3-16H,1-2H3;2*1-2H3/b12-9+;;. The number of hydrogen-bond donors (Lipinski definition) is 0. The van der Waals surface area contributed by atoms with Crippen LogP contribution in [0, 0.1) is 0 Å². The largest absolute Gasteiger partial charge is 0.465 e. The molecule has 176 valence electrons. The Labute approximate surface area is 201 Å². The maximum atomic E-state index is 11.9. The third-order valence-electron chi connectivity index (χ3n) is 5.10. The van der Waals surface area contributed by atoms with Crippen molar-refractivity contribution >= 4 is 45.6 Å². The number of rotatable bonds is 4. The van der Waals surface area contributed by atoms with Crippen LogP contribution in [0.15, 0.2) is 72.8 Å². The zero-order chi connectivity index (χ0) is 25.1. The minimum atomic E-state index is -0.350. The molecule has 4 heteroatoms. The van der Waals surface area contributed by atoms with Gasteiger partial charge in [0.15, 0.2) is 0 Å². The predicted molar refractivity (Wildman–Crippen MR) is 142 cm³/mol. The molecule has 0 aliphatic carbocycles. The van der Waals surface area contributed by atoms with E-state index in [9.17, 15) is 9.59 Å². The van der Waals surface area contributed by atoms with Crippen LogP contribution >= 0.6 is 0 Å². The van der Waals surface area contributed by atoms with E-state index in [1.54, 1.807) is 18.2 Å². The van der Waals surface area contributed by atoms with Crippen molar-refractivity contribution in [3.8, 4) is 0 Å². The first-order valence-electron chi connectivity index (χ1n) is 11.5. The molecule has 0 aromatic heterocycles. The number of methoxy groups -OCH3 is 2. The summed E-state index contributed by atoms with van der Waals surface area (Å²) in [6.07, 6.45) is 4.07. The second-order valence-electron chi connectivity index (χ2n) is 6.89. The Kier molecular flexibility index (Phi) is 10.0. The quantitative estimate of drug-likeness (QED) is 0.179. The lowest BCUT2D eigenvalue weighted by molar-refractivity contribution is 0.0592. The lowest BCUT2D eigenvalue weighted by atomic mass is 9.95. The molecule has 0 bridgehead atoms. The van der Waals surface area contributed by atoms with Crippen molar-refractivity contribution in [3.63, 3.8) is 0 Å². The number of benzene rings is 4. The third-order valence-corrected chi connectivity index (χ3v) is 5.10. The molecule has 0 saturated heterocycles. The molecule has 0 spiro atoms. The summed E-state index contributed by atoms with van der Waals surface area (Å²) < 4.78 is 9.60. The van der Waals surface area contributed by atoms with Gasteiger partial charge in [-0.2, -0.15) is 0 Å². The van der Waals surface area contributed by atoms with Crippen LogP contribution in [0.2, 0.25) is 0 Å². The van der Waals surface area contributed by atoms with E-state index in [0.29, 0.717) is 11.1 Å². The summed E-state index contributed by atoms with van der Waals surface area (Å²) >= 11 is 0. The molecule has 0 fully saturated rings. The number of carbonyl (C=O) groups excluding carboxylic acids is 2. The summed E-state index contributed by atoms with van der Waals surface area (Å²) in [5.74, 6) is -0.697. The fourth-order valence-corrected chi connectivity index (χ4v) is 3.55. The second kappa shape index (κ2) is 12.9. The highest BCUT2D eigenvalue weighted by Gasteiger charge is 2.10. The molecule has 34 heavy (non-hydrogen) atoms. The predicted octanol–water partition coefficient (Wildman–Crippen LogP) is 7.79. The summed E-state index contributed by atoms with van der Waals surface area (Å²) in [7, 11) is 2.76. The van der Waals surface area contributed by atoms with Crippen LogP contribution in [0.25, 0.3) is 33.7 Å². The molecule has 0 atom stereocenters. The van der Waals surface area contributed by atoms with Crippen molar-refractivity contribution in [3.05, 3.63) is 95.1 Å². The number of fused-ring (bicyclic) bond motifs is 3. The van der Waals surface area contributed by atoms with Crippen LogP contribution in [0.4, 0.5) is 0 Å². The second-order valence-corrected chi connectivity index (χ2v) is 6.89. The van der Waals surface area contributed by atoms with Gasteiger partial charge in [0.25, 0.3) is 0 Å². The number of esters is 2. The van der Waals surface area contributed by atoms with Gasteiger partial charge in [0.1, 0.15) is 0 Å². The highest BCUT2D eigenvalue weighted by molar-refractivity contribution is 6.13. The zero-order valence-corrected chi connectivity index (χ0v) is 20.7. The average Bonchev–Trinajstić information content (AvgIpc) is 2.93. The molecule has 0 saturated carbocycles. The number of carbonyl (C=O) groups is 2. The minimum absolute atomic E-state index is 0.347. The molecule has 0 amide bonds. The first-order valence-corrected chi connectivity index (χ1v) is 11.5. The van der Waals surface area contributed by atoms with E-state index in [1.165, 1.54) is 14.2 Å². The van der Waals surface area contributed by atoms with Gasteiger partial charge in [0.2, 0.25) is 0 Å². The highest BCUT2D eigenvalue weighted by Crippen LogP contribution is 2.31. The SMILES string of the molecule is CC.CC.COC(=O)c1ccc(/C=C/c2cc3ccc(C(=O)OC)cc3c3ccccc23)cc1. The van der Waals surface area contributed by atoms with Crippen molar-refractivity contribution in [2.24, 2.45) is 0 Å². The molecule has 0 unspecified atom stereocenters. The van der Waals surface area contributed by atoms with Crippen LogP contribution in [0.1, 0.15) is 59.5 Å². The topological polar surface area (TPSA) is 52.6 Å². The number of ether oxygens (including phenoxy) is 2. The first-order chi connectivity index (χ1) is 16.6. The van der Waals surface area contributed by atoms with Gasteiger partial charge in [-0.15, -0.1) is 0 Å². The van der Waals surface area contributed by atoms with E-state index in [4.69, 9.17) is 9.47 Å².